The van der Waals surface area contributed by atoms with Crippen LogP contribution in [0.4, 0.5) is 0 Å². The average Bonchev–Trinajstić information content (AvgIpc) is 3.33. The van der Waals surface area contributed by atoms with Gasteiger partial charge in [-0.05, 0) is 95.0 Å². The fourth-order valence-corrected chi connectivity index (χ4v) is 5.67. The molecule has 0 bridgehead atoms. The second kappa shape index (κ2) is 10.9. The third-order valence-electron chi connectivity index (χ3n) is 7.19. The summed E-state index contributed by atoms with van der Waals surface area (Å²) in [5.74, 6) is 3.58. The van der Waals surface area contributed by atoms with Crippen molar-refractivity contribution < 1.29 is 14.3 Å². The molecular weight excluding hydrogens is 398 g/mol. The number of carbonyl (C=O) groups excluding carboxylic acids is 1. The lowest BCUT2D eigenvalue weighted by Gasteiger charge is -2.34. The van der Waals surface area contributed by atoms with E-state index in [9.17, 15) is 4.79 Å². The third-order valence-corrected chi connectivity index (χ3v) is 7.19. The Hall–Kier alpha value is -1.26. The normalized spacial score (nSPS) is 22.7. The predicted molar refractivity (Wildman–Crippen MR) is 123 cm³/mol. The lowest BCUT2D eigenvalue weighted by Crippen LogP contribution is -2.37. The van der Waals surface area contributed by atoms with Crippen LogP contribution in [0.2, 0.25) is 0 Å². The highest BCUT2D eigenvalue weighted by Crippen LogP contribution is 2.40. The van der Waals surface area contributed by atoms with Crippen LogP contribution < -0.4 is 9.47 Å². The van der Waals surface area contributed by atoms with Gasteiger partial charge in [0.1, 0.15) is 0 Å². The third kappa shape index (κ3) is 5.31. The average molecular weight is 436 g/mol. The fraction of sp³-hybridized carbons (Fsp3) is 0.720. The van der Waals surface area contributed by atoms with Gasteiger partial charge in [0, 0.05) is 18.0 Å². The molecule has 0 amide bonds. The molecule has 30 heavy (non-hydrogen) atoms. The monoisotopic (exact) mass is 435 g/mol. The van der Waals surface area contributed by atoms with E-state index >= 15 is 0 Å². The van der Waals surface area contributed by atoms with E-state index in [0.717, 1.165) is 35.6 Å². The molecule has 4 nitrogen and oxygen atoms in total. The van der Waals surface area contributed by atoms with E-state index in [1.807, 2.05) is 26.0 Å². The molecule has 0 N–H and O–H groups in total. The Balaban J connectivity index is 0.00000256. The van der Waals surface area contributed by atoms with E-state index in [1.54, 1.807) is 0 Å². The smallest absolute Gasteiger partial charge is 0.166 e. The summed E-state index contributed by atoms with van der Waals surface area (Å²) in [6.07, 6.45) is 10.1. The van der Waals surface area contributed by atoms with Gasteiger partial charge in [-0.15, -0.1) is 12.4 Å². The van der Waals surface area contributed by atoms with Crippen molar-refractivity contribution in [2.24, 2.45) is 17.8 Å². The zero-order chi connectivity index (χ0) is 20.2. The summed E-state index contributed by atoms with van der Waals surface area (Å²) in [5.41, 5.74) is 2.01. The number of piperidine rings is 1. The number of benzene rings is 1. The molecule has 1 saturated heterocycles. The van der Waals surface area contributed by atoms with Gasteiger partial charge in [0.05, 0.1) is 13.2 Å². The Morgan fingerprint density at radius 3 is 2.20 bits per heavy atom. The number of ketones is 1. The Kier molecular flexibility index (Phi) is 8.47. The summed E-state index contributed by atoms with van der Waals surface area (Å²) in [7, 11) is 0. The van der Waals surface area contributed by atoms with Crippen molar-refractivity contribution in [1.29, 1.82) is 0 Å². The fourth-order valence-electron chi connectivity index (χ4n) is 5.67. The van der Waals surface area contributed by atoms with E-state index in [-0.39, 0.29) is 18.3 Å². The molecule has 1 aromatic carbocycles. The minimum absolute atomic E-state index is 0. The van der Waals surface area contributed by atoms with Crippen LogP contribution in [0.3, 0.4) is 0 Å². The molecule has 1 aliphatic heterocycles. The molecule has 4 rings (SSSR count). The molecule has 5 heteroatoms. The molecule has 1 saturated carbocycles. The number of likely N-dealkylation sites (tertiary alicyclic amines) is 1. The number of fused-ring (bicyclic) bond motifs is 1. The summed E-state index contributed by atoms with van der Waals surface area (Å²) in [4.78, 5) is 15.8. The molecule has 0 radical (unpaired) electrons. The molecule has 168 valence electrons. The topological polar surface area (TPSA) is 38.8 Å². The maximum atomic E-state index is 13.1. The minimum Gasteiger partial charge on any atom is -0.490 e. The van der Waals surface area contributed by atoms with E-state index in [1.165, 1.54) is 58.2 Å². The number of rotatable bonds is 8. The molecule has 1 atom stereocenters. The van der Waals surface area contributed by atoms with Crippen LogP contribution in [0.5, 0.6) is 11.5 Å². The highest BCUT2D eigenvalue weighted by molar-refractivity contribution is 6.02. The molecule has 2 fully saturated rings. The second-order valence-corrected chi connectivity index (χ2v) is 9.22. The summed E-state index contributed by atoms with van der Waals surface area (Å²) < 4.78 is 11.5. The molecule has 1 unspecified atom stereocenters. The van der Waals surface area contributed by atoms with E-state index in [0.29, 0.717) is 30.7 Å². The summed E-state index contributed by atoms with van der Waals surface area (Å²) in [6.45, 7) is 8.88. The summed E-state index contributed by atoms with van der Waals surface area (Å²) in [5, 5.41) is 0. The Morgan fingerprint density at radius 1 is 0.933 bits per heavy atom. The number of hydrogen-bond donors (Lipinski definition) is 0. The van der Waals surface area contributed by atoms with Crippen LogP contribution in [0, 0.1) is 17.8 Å². The van der Waals surface area contributed by atoms with Crippen molar-refractivity contribution in [2.75, 3.05) is 32.8 Å². The number of hydrogen-bond acceptors (Lipinski definition) is 4. The van der Waals surface area contributed by atoms with E-state index in [2.05, 4.69) is 4.90 Å². The largest absolute Gasteiger partial charge is 0.490 e. The molecule has 0 aromatic heterocycles. The second-order valence-electron chi connectivity index (χ2n) is 9.22. The van der Waals surface area contributed by atoms with Gasteiger partial charge in [-0.1, -0.05) is 12.8 Å². The lowest BCUT2D eigenvalue weighted by molar-refractivity contribution is 0.0892. The highest BCUT2D eigenvalue weighted by Gasteiger charge is 2.34. The molecule has 1 heterocycles. The zero-order valence-corrected chi connectivity index (χ0v) is 19.5. The molecule has 1 aromatic rings. The van der Waals surface area contributed by atoms with Gasteiger partial charge in [0.15, 0.2) is 17.3 Å². The predicted octanol–water partition coefficient (Wildman–Crippen LogP) is 5.55. The highest BCUT2D eigenvalue weighted by atomic mass is 35.5. The molecule has 0 spiro atoms. The molecule has 3 aliphatic rings. The van der Waals surface area contributed by atoms with Crippen molar-refractivity contribution >= 4 is 18.2 Å². The standard InChI is InChI=1S/C25H37NO3.ClH/c1-3-28-23-15-20-14-21(25(27)22(20)16-24(23)29-4-2)13-18-9-11-26(12-10-18)17-19-7-5-6-8-19;/h15-16,18-19,21H,3-14,17H2,1-2H3;1H. The van der Waals surface area contributed by atoms with Crippen LogP contribution in [-0.2, 0) is 6.42 Å². The van der Waals surface area contributed by atoms with E-state index in [4.69, 9.17) is 9.47 Å². The van der Waals surface area contributed by atoms with Crippen LogP contribution in [-0.4, -0.2) is 43.5 Å². The van der Waals surface area contributed by atoms with Gasteiger partial charge in [0.25, 0.3) is 0 Å². The summed E-state index contributed by atoms with van der Waals surface area (Å²) >= 11 is 0. The van der Waals surface area contributed by atoms with Gasteiger partial charge in [-0.25, -0.2) is 0 Å². The first-order chi connectivity index (χ1) is 14.2. The maximum absolute atomic E-state index is 13.1. The number of halogens is 1. The molecular formula is C25H38ClNO3. The number of Topliss-reactive ketones (excluding diaryl/α,β-unsaturated/α-hetero) is 1. The van der Waals surface area contributed by atoms with Crippen molar-refractivity contribution in [3.8, 4) is 11.5 Å². The number of carbonyl (C=O) groups is 1. The number of nitrogens with zero attached hydrogens (tertiary/aromatic N) is 1. The first-order valence-electron chi connectivity index (χ1n) is 11.9. The van der Waals surface area contributed by atoms with Crippen LogP contribution in [0.25, 0.3) is 0 Å². The van der Waals surface area contributed by atoms with Crippen LogP contribution >= 0.6 is 12.4 Å². The Morgan fingerprint density at radius 2 is 1.57 bits per heavy atom. The van der Waals surface area contributed by atoms with Crippen molar-refractivity contribution in [3.05, 3.63) is 23.3 Å². The van der Waals surface area contributed by atoms with Crippen LogP contribution in [0.1, 0.15) is 74.7 Å². The first-order valence-corrected chi connectivity index (χ1v) is 11.9. The van der Waals surface area contributed by atoms with Crippen molar-refractivity contribution in [3.63, 3.8) is 0 Å². The van der Waals surface area contributed by atoms with E-state index < -0.39 is 0 Å². The van der Waals surface area contributed by atoms with Gasteiger partial charge in [0.2, 0.25) is 0 Å². The van der Waals surface area contributed by atoms with Gasteiger partial charge in [-0.3, -0.25) is 4.79 Å². The van der Waals surface area contributed by atoms with Gasteiger partial charge < -0.3 is 14.4 Å². The maximum Gasteiger partial charge on any atom is 0.166 e. The van der Waals surface area contributed by atoms with Crippen molar-refractivity contribution in [1.82, 2.24) is 4.90 Å². The molecule has 2 aliphatic carbocycles. The number of ether oxygens (including phenoxy) is 2. The van der Waals surface area contributed by atoms with Gasteiger partial charge in [-0.2, -0.15) is 0 Å². The zero-order valence-electron chi connectivity index (χ0n) is 18.7. The van der Waals surface area contributed by atoms with Crippen LogP contribution in [0.15, 0.2) is 12.1 Å². The first kappa shape index (κ1) is 23.4. The Labute approximate surface area is 188 Å². The SMILES string of the molecule is CCOc1cc2c(cc1OCC)C(=O)C(CC1CCN(CC3CCCC3)CC1)C2.Cl. The lowest BCUT2D eigenvalue weighted by atomic mass is 9.85. The Bertz CT molecular complexity index is 709. The van der Waals surface area contributed by atoms with Crippen molar-refractivity contribution in [2.45, 2.75) is 65.2 Å². The quantitative estimate of drug-likeness (QED) is 0.536. The minimum atomic E-state index is 0. The summed E-state index contributed by atoms with van der Waals surface area (Å²) in [6, 6.07) is 3.97. The van der Waals surface area contributed by atoms with Gasteiger partial charge >= 0.3 is 0 Å².